The summed E-state index contributed by atoms with van der Waals surface area (Å²) >= 11 is 0. The molecule has 0 radical (unpaired) electrons. The van der Waals surface area contributed by atoms with Crippen LogP contribution >= 0.6 is 24.0 Å². The molecule has 1 fully saturated rings. The maximum atomic E-state index is 14.0. The Hall–Kier alpha value is -1.91. The third-order valence-electron chi connectivity index (χ3n) is 4.45. The van der Waals surface area contributed by atoms with E-state index >= 15 is 0 Å². The smallest absolute Gasteiger partial charge is 0.191 e. The Labute approximate surface area is 175 Å². The summed E-state index contributed by atoms with van der Waals surface area (Å²) in [5.74, 6) is -0.362. The highest BCUT2D eigenvalue weighted by molar-refractivity contribution is 14.0. The van der Waals surface area contributed by atoms with E-state index in [4.69, 9.17) is 0 Å². The van der Waals surface area contributed by atoms with Crippen molar-refractivity contribution >= 4 is 35.6 Å². The van der Waals surface area contributed by atoms with Crippen molar-refractivity contribution in [1.82, 2.24) is 20.4 Å². The van der Waals surface area contributed by atoms with Crippen molar-refractivity contribution in [2.75, 3.05) is 24.5 Å². The topological polar surface area (TPSA) is 57.5 Å². The Bertz CT molecular complexity index is 779. The second kappa shape index (κ2) is 9.86. The second-order valence-corrected chi connectivity index (χ2v) is 6.31. The Morgan fingerprint density at radius 3 is 2.81 bits per heavy atom. The van der Waals surface area contributed by atoms with Crippen LogP contribution in [0.4, 0.5) is 14.5 Å². The molecule has 0 saturated carbocycles. The van der Waals surface area contributed by atoms with Gasteiger partial charge in [0.25, 0.3) is 0 Å². The molecule has 1 unspecified atom stereocenters. The molecule has 0 spiro atoms. The molecular formula is C18H25F2IN6. The molecule has 1 aliphatic rings. The summed E-state index contributed by atoms with van der Waals surface area (Å²) in [5, 5.41) is 10.8. The standard InChI is InChI=1S/C18H24F2N6.HI/c1-3-21-18(22-11-15-6-8-23-25(15)2)24-14-7-9-26(12-14)17-5-4-13(19)10-16(17)20;/h4-6,8,10,14H,3,7,9,11-12H2,1-2H3,(H2,21,22,24);1H. The first kappa shape index (κ1) is 21.4. The highest BCUT2D eigenvalue weighted by Crippen LogP contribution is 2.24. The monoisotopic (exact) mass is 490 g/mol. The van der Waals surface area contributed by atoms with Gasteiger partial charge in [-0.2, -0.15) is 5.10 Å². The summed E-state index contributed by atoms with van der Waals surface area (Å²) in [6.45, 7) is 4.63. The van der Waals surface area contributed by atoms with E-state index < -0.39 is 11.6 Å². The molecule has 6 nitrogen and oxygen atoms in total. The summed E-state index contributed by atoms with van der Waals surface area (Å²) in [5.41, 5.74) is 1.45. The van der Waals surface area contributed by atoms with Crippen LogP contribution in [0.25, 0.3) is 0 Å². The molecule has 9 heteroatoms. The summed E-state index contributed by atoms with van der Waals surface area (Å²) in [7, 11) is 1.89. The molecule has 2 heterocycles. The molecule has 1 atom stereocenters. The second-order valence-electron chi connectivity index (χ2n) is 6.31. The highest BCUT2D eigenvalue weighted by Gasteiger charge is 2.25. The van der Waals surface area contributed by atoms with Gasteiger partial charge in [-0.3, -0.25) is 4.68 Å². The van der Waals surface area contributed by atoms with E-state index in [-0.39, 0.29) is 30.0 Å². The number of anilines is 1. The fourth-order valence-corrected chi connectivity index (χ4v) is 3.06. The first-order chi connectivity index (χ1) is 12.6. The van der Waals surface area contributed by atoms with Crippen LogP contribution in [-0.4, -0.2) is 41.4 Å². The van der Waals surface area contributed by atoms with Crippen LogP contribution in [-0.2, 0) is 13.6 Å². The summed E-state index contributed by atoms with van der Waals surface area (Å²) in [6, 6.07) is 5.79. The highest BCUT2D eigenvalue weighted by atomic mass is 127. The maximum Gasteiger partial charge on any atom is 0.191 e. The average molecular weight is 490 g/mol. The van der Waals surface area contributed by atoms with Gasteiger partial charge in [0.1, 0.15) is 11.6 Å². The van der Waals surface area contributed by atoms with E-state index in [0.29, 0.717) is 25.3 Å². The van der Waals surface area contributed by atoms with Gasteiger partial charge in [0.05, 0.1) is 17.9 Å². The van der Waals surface area contributed by atoms with Crippen molar-refractivity contribution in [2.45, 2.75) is 25.9 Å². The zero-order chi connectivity index (χ0) is 18.5. The van der Waals surface area contributed by atoms with E-state index in [1.54, 1.807) is 10.9 Å². The fraction of sp³-hybridized carbons (Fsp3) is 0.444. The number of aliphatic imine (C=N–C) groups is 1. The zero-order valence-corrected chi connectivity index (χ0v) is 17.8. The van der Waals surface area contributed by atoms with Gasteiger partial charge in [0, 0.05) is 45.0 Å². The number of rotatable bonds is 5. The SMILES string of the molecule is CCNC(=NCc1ccnn1C)NC1CCN(c2ccc(F)cc2F)C1.I. The van der Waals surface area contributed by atoms with Gasteiger partial charge in [-0.1, -0.05) is 0 Å². The number of nitrogens with one attached hydrogen (secondary N) is 2. The number of hydrogen-bond acceptors (Lipinski definition) is 3. The zero-order valence-electron chi connectivity index (χ0n) is 15.5. The van der Waals surface area contributed by atoms with Crippen molar-refractivity contribution in [3.8, 4) is 0 Å². The van der Waals surface area contributed by atoms with Gasteiger partial charge >= 0.3 is 0 Å². The number of aromatic nitrogens is 2. The Kier molecular flexibility index (Phi) is 7.81. The summed E-state index contributed by atoms with van der Waals surface area (Å²) < 4.78 is 28.9. The van der Waals surface area contributed by atoms with Crippen LogP contribution in [0, 0.1) is 11.6 Å². The van der Waals surface area contributed by atoms with Crippen LogP contribution < -0.4 is 15.5 Å². The van der Waals surface area contributed by atoms with E-state index in [0.717, 1.165) is 30.7 Å². The fourth-order valence-electron chi connectivity index (χ4n) is 3.06. The number of halogens is 3. The average Bonchev–Trinajstić information content (AvgIpc) is 3.22. The lowest BCUT2D eigenvalue weighted by molar-refractivity contribution is 0.580. The minimum atomic E-state index is -0.558. The lowest BCUT2D eigenvalue weighted by atomic mass is 10.2. The summed E-state index contributed by atoms with van der Waals surface area (Å²) in [4.78, 5) is 6.53. The number of aryl methyl sites for hydroxylation is 1. The van der Waals surface area contributed by atoms with E-state index in [1.165, 1.54) is 12.1 Å². The van der Waals surface area contributed by atoms with Crippen molar-refractivity contribution in [3.05, 3.63) is 47.8 Å². The van der Waals surface area contributed by atoms with Gasteiger partial charge in [0.15, 0.2) is 5.96 Å². The number of hydrogen-bond donors (Lipinski definition) is 2. The molecule has 1 aromatic heterocycles. The molecule has 0 bridgehead atoms. The van der Waals surface area contributed by atoms with E-state index in [1.807, 2.05) is 24.9 Å². The van der Waals surface area contributed by atoms with Gasteiger partial charge in [-0.25, -0.2) is 13.8 Å². The molecule has 0 aliphatic carbocycles. The lowest BCUT2D eigenvalue weighted by Gasteiger charge is -2.21. The van der Waals surface area contributed by atoms with Crippen molar-refractivity contribution in [3.63, 3.8) is 0 Å². The number of nitrogens with zero attached hydrogens (tertiary/aromatic N) is 4. The van der Waals surface area contributed by atoms with Gasteiger partial charge in [-0.05, 0) is 31.5 Å². The van der Waals surface area contributed by atoms with Crippen molar-refractivity contribution in [2.24, 2.45) is 12.0 Å². The minimum absolute atomic E-state index is 0. The van der Waals surface area contributed by atoms with Crippen LogP contribution in [0.1, 0.15) is 19.0 Å². The molecule has 0 amide bonds. The number of guanidine groups is 1. The van der Waals surface area contributed by atoms with Gasteiger partial charge in [0.2, 0.25) is 0 Å². The summed E-state index contributed by atoms with van der Waals surface area (Å²) in [6.07, 6.45) is 2.60. The third-order valence-corrected chi connectivity index (χ3v) is 4.45. The Morgan fingerprint density at radius 2 is 2.15 bits per heavy atom. The molecule has 1 aromatic carbocycles. The predicted molar refractivity (Wildman–Crippen MR) is 114 cm³/mol. The van der Waals surface area contributed by atoms with Gasteiger partial charge in [-0.15, -0.1) is 24.0 Å². The van der Waals surface area contributed by atoms with E-state index in [2.05, 4.69) is 20.7 Å². The third kappa shape index (κ3) is 5.53. The Balaban J connectivity index is 0.00000261. The van der Waals surface area contributed by atoms with Gasteiger partial charge < -0.3 is 15.5 Å². The molecule has 1 saturated heterocycles. The normalized spacial score (nSPS) is 17.0. The van der Waals surface area contributed by atoms with Crippen LogP contribution in [0.3, 0.4) is 0 Å². The lowest BCUT2D eigenvalue weighted by Crippen LogP contribution is -2.44. The van der Waals surface area contributed by atoms with Crippen molar-refractivity contribution in [1.29, 1.82) is 0 Å². The van der Waals surface area contributed by atoms with Crippen molar-refractivity contribution < 1.29 is 8.78 Å². The largest absolute Gasteiger partial charge is 0.367 e. The van der Waals surface area contributed by atoms with Crippen LogP contribution in [0.15, 0.2) is 35.5 Å². The predicted octanol–water partition coefficient (Wildman–Crippen LogP) is 2.65. The van der Waals surface area contributed by atoms with E-state index in [9.17, 15) is 8.78 Å². The first-order valence-electron chi connectivity index (χ1n) is 8.78. The molecule has 2 aromatic rings. The number of benzene rings is 1. The first-order valence-corrected chi connectivity index (χ1v) is 8.78. The molecule has 148 valence electrons. The molecule has 3 rings (SSSR count). The molecule has 2 N–H and O–H groups in total. The minimum Gasteiger partial charge on any atom is -0.367 e. The molecule has 1 aliphatic heterocycles. The Morgan fingerprint density at radius 1 is 1.33 bits per heavy atom. The molecular weight excluding hydrogens is 465 g/mol. The maximum absolute atomic E-state index is 14.0. The molecule has 27 heavy (non-hydrogen) atoms. The quantitative estimate of drug-likeness (QED) is 0.385. The van der Waals surface area contributed by atoms with Crippen LogP contribution in [0.5, 0.6) is 0 Å². The van der Waals surface area contributed by atoms with Crippen LogP contribution in [0.2, 0.25) is 0 Å².